The summed E-state index contributed by atoms with van der Waals surface area (Å²) in [7, 11) is 0. The van der Waals surface area contributed by atoms with Crippen LogP contribution in [0.4, 0.5) is 0 Å². The summed E-state index contributed by atoms with van der Waals surface area (Å²) in [6.07, 6.45) is 3.30. The van der Waals surface area contributed by atoms with Crippen molar-refractivity contribution < 1.29 is 14.6 Å². The van der Waals surface area contributed by atoms with Crippen LogP contribution in [0.5, 0.6) is 11.5 Å². The van der Waals surface area contributed by atoms with Crippen molar-refractivity contribution in [2.24, 2.45) is 0 Å². The molecule has 2 heterocycles. The van der Waals surface area contributed by atoms with Gasteiger partial charge < -0.3 is 20.2 Å². The minimum atomic E-state index is -0.580. The van der Waals surface area contributed by atoms with Gasteiger partial charge in [-0.1, -0.05) is 54.5 Å². The van der Waals surface area contributed by atoms with E-state index in [1.165, 1.54) is 27.4 Å². The average Bonchev–Trinajstić information content (AvgIpc) is 2.83. The van der Waals surface area contributed by atoms with E-state index in [4.69, 9.17) is 4.74 Å². The Kier molecular flexibility index (Phi) is 6.96. The van der Waals surface area contributed by atoms with Crippen molar-refractivity contribution in [2.75, 3.05) is 25.2 Å². The van der Waals surface area contributed by atoms with E-state index in [0.717, 1.165) is 17.7 Å². The molecular formula is C26H25N3O4. The first-order chi connectivity index (χ1) is 16.1. The van der Waals surface area contributed by atoms with Gasteiger partial charge in [0.25, 0.3) is 5.91 Å². The van der Waals surface area contributed by atoms with Crippen molar-refractivity contribution in [2.45, 2.75) is 19.3 Å². The molecule has 7 heteroatoms. The van der Waals surface area contributed by atoms with E-state index in [2.05, 4.69) is 35.5 Å². The molecule has 0 spiro atoms. The smallest absolute Gasteiger partial charge is 0.277 e. The minimum Gasteiger partial charge on any atom is -0.502 e. The summed E-state index contributed by atoms with van der Waals surface area (Å²) in [5, 5.41) is 9.93. The minimum absolute atomic E-state index is 0.0516. The van der Waals surface area contributed by atoms with E-state index in [1.807, 2.05) is 36.4 Å². The maximum atomic E-state index is 12.6. The summed E-state index contributed by atoms with van der Waals surface area (Å²) in [5.74, 6) is 6.06. The number of pyridine rings is 1. The lowest BCUT2D eigenvalue weighted by molar-refractivity contribution is 0.0726. The normalized spacial score (nSPS) is 12.4. The quantitative estimate of drug-likeness (QED) is 0.433. The van der Waals surface area contributed by atoms with Crippen LogP contribution in [0.25, 0.3) is 0 Å². The molecular weight excluding hydrogens is 418 g/mol. The molecule has 1 aliphatic rings. The van der Waals surface area contributed by atoms with Crippen LogP contribution < -0.4 is 15.6 Å². The van der Waals surface area contributed by atoms with Gasteiger partial charge in [0, 0.05) is 38.1 Å². The summed E-state index contributed by atoms with van der Waals surface area (Å²) < 4.78 is 7.32. The maximum absolute atomic E-state index is 12.6. The van der Waals surface area contributed by atoms with E-state index in [0.29, 0.717) is 26.0 Å². The number of para-hydroxylation sites is 1. The second-order valence-corrected chi connectivity index (χ2v) is 7.60. The molecule has 7 nitrogen and oxygen atoms in total. The molecule has 33 heavy (non-hydrogen) atoms. The van der Waals surface area contributed by atoms with Crippen LogP contribution in [0.2, 0.25) is 0 Å². The number of fused-ring (bicyclic) bond motifs is 1. The number of aromatic hydroxyl groups is 1. The van der Waals surface area contributed by atoms with Crippen molar-refractivity contribution in [3.63, 3.8) is 0 Å². The van der Waals surface area contributed by atoms with Crippen LogP contribution >= 0.6 is 0 Å². The standard InChI is InChI=1S/C26H25N3O4/c30-22-14-16-29-24(25(22)31)26(32)28(19-27-29)15-8-1-2-9-17-33-23-13-7-6-12-21(23)18-20-10-4-3-5-11-20/h3-7,10-14,16,27,31H,8-9,15,17-19H2. The summed E-state index contributed by atoms with van der Waals surface area (Å²) >= 11 is 0. The Morgan fingerprint density at radius 2 is 1.73 bits per heavy atom. The Morgan fingerprint density at radius 1 is 0.970 bits per heavy atom. The van der Waals surface area contributed by atoms with Gasteiger partial charge >= 0.3 is 0 Å². The number of amides is 1. The van der Waals surface area contributed by atoms with Gasteiger partial charge in [0.2, 0.25) is 5.43 Å². The Bertz CT molecular complexity index is 1240. The Labute approximate surface area is 192 Å². The largest absolute Gasteiger partial charge is 0.502 e. The lowest BCUT2D eigenvalue weighted by Gasteiger charge is -2.30. The van der Waals surface area contributed by atoms with Crippen molar-refractivity contribution in [3.05, 3.63) is 93.9 Å². The number of benzene rings is 2. The summed E-state index contributed by atoms with van der Waals surface area (Å²) in [5.41, 5.74) is 4.70. The molecule has 1 amide bonds. The zero-order valence-corrected chi connectivity index (χ0v) is 18.2. The number of nitrogens with one attached hydrogen (secondary N) is 1. The van der Waals surface area contributed by atoms with Crippen molar-refractivity contribution in [1.82, 2.24) is 9.58 Å². The molecule has 4 rings (SSSR count). The highest BCUT2D eigenvalue weighted by Gasteiger charge is 2.27. The van der Waals surface area contributed by atoms with E-state index in [-0.39, 0.29) is 12.4 Å². The molecule has 0 radical (unpaired) electrons. The van der Waals surface area contributed by atoms with Gasteiger partial charge in [-0.3, -0.25) is 14.3 Å². The van der Waals surface area contributed by atoms with Crippen LogP contribution in [0, 0.1) is 11.8 Å². The molecule has 2 N–H and O–H groups in total. The van der Waals surface area contributed by atoms with E-state index in [9.17, 15) is 14.7 Å². The third kappa shape index (κ3) is 5.36. The summed E-state index contributed by atoms with van der Waals surface area (Å²) in [6, 6.07) is 19.5. The molecule has 0 atom stereocenters. The molecule has 3 aromatic rings. The Morgan fingerprint density at radius 3 is 2.58 bits per heavy atom. The SMILES string of the molecule is O=C1c2c(O)c(=O)ccn2NCN1CCC#CCCOc1ccccc1Cc1ccccc1. The molecule has 168 valence electrons. The van der Waals surface area contributed by atoms with Crippen LogP contribution in [-0.2, 0) is 6.42 Å². The van der Waals surface area contributed by atoms with Gasteiger partial charge in [0.15, 0.2) is 11.4 Å². The van der Waals surface area contributed by atoms with Crippen molar-refractivity contribution in [1.29, 1.82) is 0 Å². The first-order valence-electron chi connectivity index (χ1n) is 10.8. The highest BCUT2D eigenvalue weighted by atomic mass is 16.5. The lowest BCUT2D eigenvalue weighted by atomic mass is 10.0. The summed E-state index contributed by atoms with van der Waals surface area (Å²) in [4.78, 5) is 25.7. The predicted molar refractivity (Wildman–Crippen MR) is 126 cm³/mol. The van der Waals surface area contributed by atoms with Crippen LogP contribution in [0.15, 0.2) is 71.7 Å². The number of ether oxygens (including phenoxy) is 1. The zero-order chi connectivity index (χ0) is 23.0. The van der Waals surface area contributed by atoms with Crippen molar-refractivity contribution >= 4 is 5.91 Å². The van der Waals surface area contributed by atoms with Gasteiger partial charge in [0.05, 0.1) is 6.61 Å². The third-order valence-corrected chi connectivity index (χ3v) is 5.32. The molecule has 0 aliphatic carbocycles. The van der Waals surface area contributed by atoms with Crippen LogP contribution in [-0.4, -0.2) is 40.4 Å². The number of aromatic nitrogens is 1. The predicted octanol–water partition coefficient (Wildman–Crippen LogP) is 2.96. The first kappa shape index (κ1) is 22.0. The molecule has 1 aromatic heterocycles. The zero-order valence-electron chi connectivity index (χ0n) is 18.2. The van der Waals surface area contributed by atoms with Crippen molar-refractivity contribution in [3.8, 4) is 23.3 Å². The second kappa shape index (κ2) is 10.4. The number of rotatable bonds is 7. The number of hydrogen-bond donors (Lipinski definition) is 2. The molecule has 2 aromatic carbocycles. The molecule has 0 saturated carbocycles. The van der Waals surface area contributed by atoms with E-state index >= 15 is 0 Å². The van der Waals surface area contributed by atoms with Gasteiger partial charge in [-0.2, -0.15) is 0 Å². The van der Waals surface area contributed by atoms with Crippen LogP contribution in [0.3, 0.4) is 0 Å². The number of hydrogen-bond acceptors (Lipinski definition) is 5. The molecule has 0 fully saturated rings. The fourth-order valence-electron chi connectivity index (χ4n) is 3.61. The van der Waals surface area contributed by atoms with Gasteiger partial charge in [-0.25, -0.2) is 0 Å². The molecule has 0 bridgehead atoms. The van der Waals surface area contributed by atoms with Gasteiger partial charge in [-0.05, 0) is 17.2 Å². The second-order valence-electron chi connectivity index (χ2n) is 7.60. The molecule has 0 unspecified atom stereocenters. The lowest BCUT2D eigenvalue weighted by Crippen LogP contribution is -2.46. The van der Waals surface area contributed by atoms with Crippen LogP contribution in [0.1, 0.15) is 34.5 Å². The first-order valence-corrected chi connectivity index (χ1v) is 10.8. The van der Waals surface area contributed by atoms with Gasteiger partial charge in [-0.15, -0.1) is 5.92 Å². The highest BCUT2D eigenvalue weighted by Crippen LogP contribution is 2.21. The molecule has 1 aliphatic heterocycles. The van der Waals surface area contributed by atoms with E-state index < -0.39 is 17.1 Å². The van der Waals surface area contributed by atoms with Gasteiger partial charge in [0.1, 0.15) is 12.4 Å². The highest BCUT2D eigenvalue weighted by molar-refractivity contribution is 5.96. The Balaban J connectivity index is 1.25. The number of carbonyl (C=O) groups is 1. The molecule has 0 saturated heterocycles. The maximum Gasteiger partial charge on any atom is 0.277 e. The monoisotopic (exact) mass is 443 g/mol. The number of carbonyl (C=O) groups excluding carboxylic acids is 1. The average molecular weight is 444 g/mol. The van der Waals surface area contributed by atoms with E-state index in [1.54, 1.807) is 0 Å². The number of nitrogens with zero attached hydrogens (tertiary/aromatic N) is 2. The Hall–Kier alpha value is -4.18. The fourth-order valence-corrected chi connectivity index (χ4v) is 3.61. The fraction of sp³-hybridized carbons (Fsp3) is 0.231. The topological polar surface area (TPSA) is 83.8 Å². The third-order valence-electron chi connectivity index (χ3n) is 5.32. The summed E-state index contributed by atoms with van der Waals surface area (Å²) in [6.45, 7) is 1.15.